The van der Waals surface area contributed by atoms with Crippen molar-refractivity contribution < 1.29 is 23.8 Å². The first-order valence-electron chi connectivity index (χ1n) is 8.47. The van der Waals surface area contributed by atoms with Crippen molar-refractivity contribution >= 4 is 23.1 Å². The highest BCUT2D eigenvalue weighted by atomic mass is 32.1. The zero-order valence-electron chi connectivity index (χ0n) is 15.7. The third-order valence-electron chi connectivity index (χ3n) is 4.12. The summed E-state index contributed by atoms with van der Waals surface area (Å²) in [5.41, 5.74) is 2.05. The minimum absolute atomic E-state index is 0.334. The molecular formula is C21H19NO5S. The van der Waals surface area contributed by atoms with E-state index >= 15 is 0 Å². The molecule has 0 aliphatic rings. The number of ether oxygens (including phenoxy) is 3. The van der Waals surface area contributed by atoms with Gasteiger partial charge >= 0.3 is 5.97 Å². The second-order valence-corrected chi connectivity index (χ2v) is 6.82. The molecule has 0 saturated carbocycles. The van der Waals surface area contributed by atoms with Crippen LogP contribution in [0.1, 0.15) is 26.4 Å². The van der Waals surface area contributed by atoms with Gasteiger partial charge in [-0.3, -0.25) is 9.78 Å². The molecule has 0 saturated heterocycles. The van der Waals surface area contributed by atoms with Crippen LogP contribution in [0.25, 0.3) is 10.6 Å². The number of carbonyl (C=O) groups excluding carboxylic acids is 2. The molecule has 7 heteroatoms. The Morgan fingerprint density at radius 3 is 2.46 bits per heavy atom. The largest absolute Gasteiger partial charge is 0.493 e. The first-order valence-corrected chi connectivity index (χ1v) is 9.35. The lowest BCUT2D eigenvalue weighted by atomic mass is 10.1. The van der Waals surface area contributed by atoms with Crippen molar-refractivity contribution in [1.29, 1.82) is 0 Å². The van der Waals surface area contributed by atoms with Crippen molar-refractivity contribution in [2.75, 3.05) is 20.8 Å². The van der Waals surface area contributed by atoms with Crippen molar-refractivity contribution in [1.82, 2.24) is 4.98 Å². The minimum atomic E-state index is -0.587. The number of aromatic nitrogens is 1. The van der Waals surface area contributed by atoms with Gasteiger partial charge in [0.1, 0.15) is 0 Å². The van der Waals surface area contributed by atoms with E-state index in [1.54, 1.807) is 48.6 Å². The Hall–Kier alpha value is -3.19. The average molecular weight is 397 g/mol. The third kappa shape index (κ3) is 4.20. The van der Waals surface area contributed by atoms with E-state index in [2.05, 4.69) is 4.98 Å². The first-order chi connectivity index (χ1) is 13.5. The molecule has 2 aromatic heterocycles. The van der Waals surface area contributed by atoms with Gasteiger partial charge in [0, 0.05) is 5.56 Å². The van der Waals surface area contributed by atoms with Crippen molar-refractivity contribution in [3.63, 3.8) is 0 Å². The molecule has 0 spiro atoms. The predicted molar refractivity (Wildman–Crippen MR) is 106 cm³/mol. The van der Waals surface area contributed by atoms with Crippen molar-refractivity contribution in [2.45, 2.75) is 6.92 Å². The Morgan fingerprint density at radius 1 is 1.04 bits per heavy atom. The Morgan fingerprint density at radius 2 is 1.82 bits per heavy atom. The summed E-state index contributed by atoms with van der Waals surface area (Å²) >= 11 is 1.57. The smallest absolute Gasteiger partial charge is 0.340 e. The van der Waals surface area contributed by atoms with Gasteiger partial charge in [-0.25, -0.2) is 4.79 Å². The second-order valence-electron chi connectivity index (χ2n) is 5.88. The number of hydrogen-bond donors (Lipinski definition) is 0. The first kappa shape index (κ1) is 19.6. The van der Waals surface area contributed by atoms with Crippen LogP contribution in [0, 0.1) is 6.92 Å². The fraction of sp³-hybridized carbons (Fsp3) is 0.190. The molecule has 0 aliphatic heterocycles. The molecule has 28 heavy (non-hydrogen) atoms. The molecule has 2 heterocycles. The molecule has 3 rings (SSSR count). The zero-order chi connectivity index (χ0) is 20.1. The zero-order valence-corrected chi connectivity index (χ0v) is 16.5. The molecule has 0 atom stereocenters. The third-order valence-corrected chi connectivity index (χ3v) is 5.01. The van der Waals surface area contributed by atoms with Gasteiger partial charge in [0.15, 0.2) is 23.9 Å². The summed E-state index contributed by atoms with van der Waals surface area (Å²) < 4.78 is 15.5. The van der Waals surface area contributed by atoms with Gasteiger partial charge in [-0.15, -0.1) is 11.3 Å². The molecule has 0 aliphatic carbocycles. The number of carbonyl (C=O) groups is 2. The van der Waals surface area contributed by atoms with Crippen LogP contribution in [0.4, 0.5) is 0 Å². The maximum absolute atomic E-state index is 12.4. The van der Waals surface area contributed by atoms with Crippen molar-refractivity contribution in [2.24, 2.45) is 0 Å². The molecule has 0 fully saturated rings. The Kier molecular flexibility index (Phi) is 6.06. The molecule has 144 valence electrons. The van der Waals surface area contributed by atoms with E-state index in [9.17, 15) is 9.59 Å². The number of aryl methyl sites for hydroxylation is 1. The SMILES string of the molecule is COc1ccc(C(=O)COC(=O)c2ccc(-c3cccs3)nc2C)cc1OC. The van der Waals surface area contributed by atoms with Gasteiger partial charge in [-0.05, 0) is 48.7 Å². The number of ketones is 1. The number of hydrogen-bond acceptors (Lipinski definition) is 7. The lowest BCUT2D eigenvalue weighted by molar-refractivity contribution is 0.0473. The van der Waals surface area contributed by atoms with Crippen LogP contribution in [-0.4, -0.2) is 37.6 Å². The fourth-order valence-corrected chi connectivity index (χ4v) is 3.34. The van der Waals surface area contributed by atoms with Crippen LogP contribution in [0.15, 0.2) is 47.8 Å². The van der Waals surface area contributed by atoms with E-state index < -0.39 is 5.97 Å². The van der Waals surface area contributed by atoms with Crippen LogP contribution >= 0.6 is 11.3 Å². The number of Topliss-reactive ketones (excluding diaryl/α,β-unsaturated/α-hetero) is 1. The maximum atomic E-state index is 12.4. The molecule has 6 nitrogen and oxygen atoms in total. The summed E-state index contributed by atoms with van der Waals surface area (Å²) in [4.78, 5) is 30.2. The lowest BCUT2D eigenvalue weighted by Gasteiger charge is -2.10. The Labute approximate surface area is 166 Å². The summed E-state index contributed by atoms with van der Waals surface area (Å²) in [5.74, 6) is 0.0270. The Balaban J connectivity index is 1.68. The van der Waals surface area contributed by atoms with Crippen LogP contribution < -0.4 is 9.47 Å². The van der Waals surface area contributed by atoms with Crippen molar-refractivity contribution in [3.8, 4) is 22.1 Å². The number of esters is 1. The normalized spacial score (nSPS) is 10.4. The standard InChI is InChI=1S/C21H19NO5S/c1-13-15(7-8-16(22-13)20-5-4-10-28-20)21(24)27-12-17(23)14-6-9-18(25-2)19(11-14)26-3/h4-11H,12H2,1-3H3. The molecule has 0 N–H and O–H groups in total. The summed E-state index contributed by atoms with van der Waals surface area (Å²) in [6, 6.07) is 12.1. The van der Waals surface area contributed by atoms with Crippen LogP contribution in [0.2, 0.25) is 0 Å². The molecule has 0 amide bonds. The summed E-state index contributed by atoms with van der Waals surface area (Å²) in [6.45, 7) is 1.37. The van der Waals surface area contributed by atoms with Crippen LogP contribution in [0.5, 0.6) is 11.5 Å². The highest BCUT2D eigenvalue weighted by Crippen LogP contribution is 2.28. The highest BCUT2D eigenvalue weighted by molar-refractivity contribution is 7.13. The van der Waals surface area contributed by atoms with Crippen molar-refractivity contribution in [3.05, 3.63) is 64.7 Å². The quantitative estimate of drug-likeness (QED) is 0.440. The van der Waals surface area contributed by atoms with E-state index in [0.717, 1.165) is 10.6 Å². The average Bonchev–Trinajstić information content (AvgIpc) is 3.26. The van der Waals surface area contributed by atoms with Gasteiger partial charge < -0.3 is 14.2 Å². The lowest BCUT2D eigenvalue weighted by Crippen LogP contribution is -2.15. The van der Waals surface area contributed by atoms with Gasteiger partial charge in [-0.2, -0.15) is 0 Å². The summed E-state index contributed by atoms with van der Waals surface area (Å²) in [5, 5.41) is 1.97. The number of nitrogens with zero attached hydrogens (tertiary/aromatic N) is 1. The van der Waals surface area contributed by atoms with Gasteiger partial charge in [0.05, 0.1) is 36.0 Å². The van der Waals surface area contributed by atoms with E-state index in [-0.39, 0.29) is 12.4 Å². The molecule has 0 radical (unpaired) electrons. The summed E-state index contributed by atoms with van der Waals surface area (Å²) in [7, 11) is 3.00. The van der Waals surface area contributed by atoms with E-state index in [4.69, 9.17) is 14.2 Å². The molecule has 0 bridgehead atoms. The molecule has 1 aromatic carbocycles. The van der Waals surface area contributed by atoms with Gasteiger partial charge in [0.25, 0.3) is 0 Å². The number of rotatable bonds is 7. The number of methoxy groups -OCH3 is 2. The molecule has 3 aromatic rings. The van der Waals surface area contributed by atoms with Crippen LogP contribution in [0.3, 0.4) is 0 Å². The number of pyridine rings is 1. The topological polar surface area (TPSA) is 74.7 Å². The second kappa shape index (κ2) is 8.67. The number of thiophene rings is 1. The van der Waals surface area contributed by atoms with Crippen LogP contribution in [-0.2, 0) is 4.74 Å². The maximum Gasteiger partial charge on any atom is 0.340 e. The van der Waals surface area contributed by atoms with Gasteiger partial charge in [-0.1, -0.05) is 6.07 Å². The highest BCUT2D eigenvalue weighted by Gasteiger charge is 2.17. The predicted octanol–water partition coefficient (Wildman–Crippen LogP) is 4.18. The Bertz CT molecular complexity index is 998. The molecular weight excluding hydrogens is 378 g/mol. The van der Waals surface area contributed by atoms with E-state index in [1.165, 1.54) is 14.2 Å². The number of benzene rings is 1. The van der Waals surface area contributed by atoms with Gasteiger partial charge in [0.2, 0.25) is 0 Å². The minimum Gasteiger partial charge on any atom is -0.493 e. The molecule has 0 unspecified atom stereocenters. The fourth-order valence-electron chi connectivity index (χ4n) is 2.64. The van der Waals surface area contributed by atoms with E-state index in [1.807, 2.05) is 17.5 Å². The van der Waals surface area contributed by atoms with E-state index in [0.29, 0.717) is 28.3 Å². The summed E-state index contributed by atoms with van der Waals surface area (Å²) in [6.07, 6.45) is 0. The monoisotopic (exact) mass is 397 g/mol.